The minimum atomic E-state index is 0.0490. The smallest absolute Gasteiger partial charge is 0.223 e. The molecule has 3 heterocycles. The summed E-state index contributed by atoms with van der Waals surface area (Å²) in [6.07, 6.45) is 3.95. The van der Waals surface area contributed by atoms with Crippen molar-refractivity contribution in [3.63, 3.8) is 0 Å². The fourth-order valence-corrected chi connectivity index (χ4v) is 3.30. The Morgan fingerprint density at radius 1 is 1.08 bits per heavy atom. The molecule has 132 valence electrons. The zero-order valence-electron chi connectivity index (χ0n) is 14.5. The molecule has 1 amide bonds. The first kappa shape index (κ1) is 16.4. The maximum absolute atomic E-state index is 12.3. The number of hydrogen-bond donors (Lipinski definition) is 1. The maximum Gasteiger partial charge on any atom is 0.223 e. The van der Waals surface area contributed by atoms with Crippen molar-refractivity contribution in [2.75, 3.05) is 6.54 Å². The predicted molar refractivity (Wildman–Crippen MR) is 97.2 cm³/mol. The van der Waals surface area contributed by atoms with E-state index in [2.05, 4.69) is 32.3 Å². The van der Waals surface area contributed by atoms with Gasteiger partial charge in [-0.05, 0) is 24.1 Å². The molecule has 1 saturated heterocycles. The molecule has 2 aromatic heterocycles. The van der Waals surface area contributed by atoms with E-state index in [0.717, 1.165) is 30.2 Å². The summed E-state index contributed by atoms with van der Waals surface area (Å²) in [6, 6.07) is 16.1. The highest BCUT2D eigenvalue weighted by atomic mass is 16.2. The Hall–Kier alpha value is -3.02. The first-order valence-corrected chi connectivity index (χ1v) is 8.91. The number of H-pyrrole nitrogens is 1. The average molecular weight is 347 g/mol. The molecule has 1 N–H and O–H groups in total. The standard InChI is InChI=1S/C20H21N5O/c26-19-12-16(13-25(19)14-17-8-4-5-11-21-17)20-22-18(23-24-20)10-9-15-6-2-1-3-7-15/h1-8,11,16H,9-10,12-14H2,(H,22,23,24)/t16-/m0/s1. The quantitative estimate of drug-likeness (QED) is 0.743. The summed E-state index contributed by atoms with van der Waals surface area (Å²) in [5, 5.41) is 7.38. The molecule has 0 spiro atoms. The molecule has 0 radical (unpaired) electrons. The highest BCUT2D eigenvalue weighted by molar-refractivity contribution is 5.79. The maximum atomic E-state index is 12.3. The number of likely N-dealkylation sites (tertiary alicyclic amines) is 1. The summed E-state index contributed by atoms with van der Waals surface area (Å²) < 4.78 is 0. The zero-order chi connectivity index (χ0) is 17.8. The monoisotopic (exact) mass is 347 g/mol. The van der Waals surface area contributed by atoms with Crippen molar-refractivity contribution >= 4 is 5.91 Å². The van der Waals surface area contributed by atoms with Gasteiger partial charge in [-0.1, -0.05) is 36.4 Å². The van der Waals surface area contributed by atoms with Crippen LogP contribution in [0.25, 0.3) is 0 Å². The van der Waals surface area contributed by atoms with Gasteiger partial charge in [-0.3, -0.25) is 14.9 Å². The van der Waals surface area contributed by atoms with Gasteiger partial charge >= 0.3 is 0 Å². The number of carbonyl (C=O) groups excluding carboxylic acids is 1. The lowest BCUT2D eigenvalue weighted by molar-refractivity contribution is -0.128. The predicted octanol–water partition coefficient (Wildman–Crippen LogP) is 2.50. The second kappa shape index (κ2) is 7.47. The third kappa shape index (κ3) is 3.79. The van der Waals surface area contributed by atoms with Gasteiger partial charge in [0, 0.05) is 31.5 Å². The number of aromatic amines is 1. The van der Waals surface area contributed by atoms with E-state index in [-0.39, 0.29) is 11.8 Å². The lowest BCUT2D eigenvalue weighted by Crippen LogP contribution is -2.24. The number of nitrogens with zero attached hydrogens (tertiary/aromatic N) is 4. The number of benzene rings is 1. The number of amides is 1. The van der Waals surface area contributed by atoms with Crippen molar-refractivity contribution < 1.29 is 4.79 Å². The van der Waals surface area contributed by atoms with E-state index < -0.39 is 0 Å². The number of pyridine rings is 1. The van der Waals surface area contributed by atoms with Gasteiger partial charge in [0.2, 0.25) is 5.91 Å². The van der Waals surface area contributed by atoms with Gasteiger partial charge in [-0.15, -0.1) is 0 Å². The summed E-state index contributed by atoms with van der Waals surface area (Å²) in [7, 11) is 0. The minimum absolute atomic E-state index is 0.0490. The summed E-state index contributed by atoms with van der Waals surface area (Å²) in [4.78, 5) is 23.1. The van der Waals surface area contributed by atoms with Gasteiger partial charge < -0.3 is 4.90 Å². The van der Waals surface area contributed by atoms with Crippen LogP contribution in [0.5, 0.6) is 0 Å². The summed E-state index contributed by atoms with van der Waals surface area (Å²) in [6.45, 7) is 1.19. The van der Waals surface area contributed by atoms with Gasteiger partial charge in [0.05, 0.1) is 12.2 Å². The molecule has 1 aromatic carbocycles. The highest BCUT2D eigenvalue weighted by Crippen LogP contribution is 2.26. The van der Waals surface area contributed by atoms with Crippen LogP contribution in [0, 0.1) is 0 Å². The van der Waals surface area contributed by atoms with Gasteiger partial charge in [-0.25, -0.2) is 4.98 Å². The Bertz CT molecular complexity index is 862. The van der Waals surface area contributed by atoms with Gasteiger partial charge in [0.15, 0.2) is 5.82 Å². The molecule has 6 nitrogen and oxygen atoms in total. The van der Waals surface area contributed by atoms with E-state index in [1.54, 1.807) is 6.20 Å². The van der Waals surface area contributed by atoms with E-state index in [4.69, 9.17) is 0 Å². The third-order valence-corrected chi connectivity index (χ3v) is 4.70. The minimum Gasteiger partial charge on any atom is -0.336 e. The molecule has 1 fully saturated rings. The summed E-state index contributed by atoms with van der Waals surface area (Å²) in [5.74, 6) is 1.80. The molecule has 0 unspecified atom stereocenters. The Morgan fingerprint density at radius 2 is 1.92 bits per heavy atom. The van der Waals surface area contributed by atoms with Crippen LogP contribution in [0.1, 0.15) is 35.2 Å². The number of rotatable bonds is 6. The van der Waals surface area contributed by atoms with Crippen LogP contribution >= 0.6 is 0 Å². The Morgan fingerprint density at radius 3 is 2.73 bits per heavy atom. The fourth-order valence-electron chi connectivity index (χ4n) is 3.30. The molecular formula is C20H21N5O. The van der Waals surface area contributed by atoms with Crippen LogP contribution in [-0.2, 0) is 24.2 Å². The molecule has 1 aliphatic heterocycles. The third-order valence-electron chi connectivity index (χ3n) is 4.70. The van der Waals surface area contributed by atoms with Gasteiger partial charge in [-0.2, -0.15) is 5.10 Å². The molecule has 1 atom stereocenters. The first-order chi connectivity index (χ1) is 12.8. The van der Waals surface area contributed by atoms with E-state index >= 15 is 0 Å². The second-order valence-electron chi connectivity index (χ2n) is 6.62. The second-order valence-corrected chi connectivity index (χ2v) is 6.62. The topological polar surface area (TPSA) is 74.8 Å². The van der Waals surface area contributed by atoms with Crippen molar-refractivity contribution in [1.82, 2.24) is 25.1 Å². The van der Waals surface area contributed by atoms with Gasteiger partial charge in [0.1, 0.15) is 5.82 Å². The van der Waals surface area contributed by atoms with E-state index in [0.29, 0.717) is 19.5 Å². The summed E-state index contributed by atoms with van der Waals surface area (Å²) >= 11 is 0. The van der Waals surface area contributed by atoms with Crippen LogP contribution in [0.2, 0.25) is 0 Å². The van der Waals surface area contributed by atoms with Crippen molar-refractivity contribution in [3.05, 3.63) is 77.6 Å². The first-order valence-electron chi connectivity index (χ1n) is 8.91. The molecule has 6 heteroatoms. The number of hydrogen-bond acceptors (Lipinski definition) is 4. The summed E-state index contributed by atoms with van der Waals surface area (Å²) in [5.41, 5.74) is 2.18. The number of aromatic nitrogens is 4. The molecule has 0 aliphatic carbocycles. The van der Waals surface area contributed by atoms with Crippen molar-refractivity contribution in [2.24, 2.45) is 0 Å². The molecule has 0 bridgehead atoms. The Balaban J connectivity index is 1.36. The average Bonchev–Trinajstić information content (AvgIpc) is 3.29. The van der Waals surface area contributed by atoms with E-state index in [1.165, 1.54) is 5.56 Å². The Labute approximate surface area is 152 Å². The molecule has 0 saturated carbocycles. The largest absolute Gasteiger partial charge is 0.336 e. The van der Waals surface area contributed by atoms with Crippen LogP contribution in [0.15, 0.2) is 54.7 Å². The Kier molecular flexibility index (Phi) is 4.73. The SMILES string of the molecule is O=C1C[C@H](c2n[nH]c(CCc3ccccc3)n2)CN1Cc1ccccn1. The van der Waals surface area contributed by atoms with Crippen LogP contribution in [0.4, 0.5) is 0 Å². The number of nitrogens with one attached hydrogen (secondary N) is 1. The van der Waals surface area contributed by atoms with Crippen LogP contribution < -0.4 is 0 Å². The molecular weight excluding hydrogens is 326 g/mol. The van der Waals surface area contributed by atoms with E-state index in [1.807, 2.05) is 41.3 Å². The number of carbonyl (C=O) groups is 1. The van der Waals surface area contributed by atoms with Gasteiger partial charge in [0.25, 0.3) is 0 Å². The molecule has 26 heavy (non-hydrogen) atoms. The van der Waals surface area contributed by atoms with Crippen molar-refractivity contribution in [2.45, 2.75) is 31.7 Å². The zero-order valence-corrected chi connectivity index (χ0v) is 14.5. The van der Waals surface area contributed by atoms with E-state index in [9.17, 15) is 4.79 Å². The lowest BCUT2D eigenvalue weighted by atomic mass is 10.1. The highest BCUT2D eigenvalue weighted by Gasteiger charge is 2.33. The lowest BCUT2D eigenvalue weighted by Gasteiger charge is -2.15. The van der Waals surface area contributed by atoms with Crippen LogP contribution in [0.3, 0.4) is 0 Å². The van der Waals surface area contributed by atoms with Crippen LogP contribution in [-0.4, -0.2) is 37.5 Å². The molecule has 4 rings (SSSR count). The van der Waals surface area contributed by atoms with Crippen molar-refractivity contribution in [3.8, 4) is 0 Å². The normalized spacial score (nSPS) is 17.0. The fraction of sp³-hybridized carbons (Fsp3) is 0.300. The molecule has 1 aliphatic rings. The van der Waals surface area contributed by atoms with Crippen molar-refractivity contribution in [1.29, 1.82) is 0 Å². The molecule has 3 aromatic rings. The number of aryl methyl sites for hydroxylation is 2.